The van der Waals surface area contributed by atoms with Crippen molar-refractivity contribution >= 4 is 63.1 Å². The zero-order chi connectivity index (χ0) is 28.9. The van der Waals surface area contributed by atoms with Crippen molar-refractivity contribution in [3.8, 4) is 5.75 Å². The van der Waals surface area contributed by atoms with Crippen molar-refractivity contribution in [2.24, 2.45) is 11.7 Å². The Labute approximate surface area is 245 Å². The van der Waals surface area contributed by atoms with Gasteiger partial charge in [0.1, 0.15) is 17.9 Å². The van der Waals surface area contributed by atoms with Gasteiger partial charge < -0.3 is 35.9 Å². The molecule has 0 fully saturated rings. The number of nitrogens with two attached hydrogens (primary N) is 1. The number of ether oxygens (including phenoxy) is 3. The second-order valence-electron chi connectivity index (χ2n) is 9.01. The Morgan fingerprint density at radius 2 is 1.67 bits per heavy atom. The van der Waals surface area contributed by atoms with E-state index in [1.807, 2.05) is 13.8 Å². The highest BCUT2D eigenvalue weighted by Crippen LogP contribution is 2.31. The number of hydrogen-bond acceptors (Lipinski definition) is 7. The Hall–Kier alpha value is -2.70. The molecule has 0 bridgehead atoms. The average molecular weight is 652 g/mol. The first kappa shape index (κ1) is 32.5. The first-order valence-corrected chi connectivity index (χ1v) is 14.1. The van der Waals surface area contributed by atoms with E-state index >= 15 is 0 Å². The number of amides is 4. The molecule has 1 aromatic rings. The van der Waals surface area contributed by atoms with Gasteiger partial charge in [-0.25, -0.2) is 9.59 Å². The van der Waals surface area contributed by atoms with Crippen molar-refractivity contribution in [1.82, 2.24) is 16.0 Å². The van der Waals surface area contributed by atoms with Crippen LogP contribution < -0.4 is 26.4 Å². The number of rotatable bonds is 13. The van der Waals surface area contributed by atoms with Gasteiger partial charge in [-0.1, -0.05) is 26.0 Å². The van der Waals surface area contributed by atoms with Crippen LogP contribution in [0.3, 0.4) is 0 Å². The number of para-hydroxylation sites is 1. The summed E-state index contributed by atoms with van der Waals surface area (Å²) < 4.78 is 17.9. The monoisotopic (exact) mass is 650 g/mol. The third-order valence-electron chi connectivity index (χ3n) is 5.45. The van der Waals surface area contributed by atoms with E-state index in [4.69, 9.17) is 43.1 Å². The number of nitrogens with one attached hydrogen (secondary N) is 3. The zero-order valence-corrected chi connectivity index (χ0v) is 24.7. The van der Waals surface area contributed by atoms with E-state index < -0.39 is 48.4 Å². The molecule has 0 aromatic heterocycles. The van der Waals surface area contributed by atoms with Crippen molar-refractivity contribution in [2.45, 2.75) is 51.0 Å². The molecular weight excluding hydrogens is 619 g/mol. The Kier molecular flexibility index (Phi) is 13.7. The number of primary amides is 1. The number of alkyl halides is 2. The Morgan fingerprint density at radius 3 is 2.23 bits per heavy atom. The number of carbonyl (C=O) groups is 4. The highest BCUT2D eigenvalue weighted by atomic mass is 79.9. The Bertz CT molecular complexity index is 1040. The van der Waals surface area contributed by atoms with E-state index in [1.54, 1.807) is 24.3 Å². The SMILES string of the molecule is CC(C)C[C@@H](NC(=O)C1=C[C@@H](Oc2ccccc2Br)[C@H](OC(=O)NCCCl)[C@H](OC(=O)NCCCl)C1)C(N)=O. The third-order valence-corrected chi connectivity index (χ3v) is 6.49. The van der Waals surface area contributed by atoms with E-state index in [0.717, 1.165) is 0 Å². The van der Waals surface area contributed by atoms with E-state index in [9.17, 15) is 19.2 Å². The van der Waals surface area contributed by atoms with Gasteiger partial charge in [0.05, 0.1) is 4.47 Å². The molecule has 0 spiro atoms. The molecule has 1 aliphatic rings. The molecule has 1 aromatic carbocycles. The van der Waals surface area contributed by atoms with Crippen LogP contribution in [0.15, 0.2) is 40.4 Å². The molecule has 2 rings (SSSR count). The maximum absolute atomic E-state index is 13.3. The van der Waals surface area contributed by atoms with Gasteiger partial charge in [0, 0.05) is 36.8 Å². The summed E-state index contributed by atoms with van der Waals surface area (Å²) in [6, 6.07) is 6.02. The van der Waals surface area contributed by atoms with Crippen molar-refractivity contribution < 1.29 is 33.4 Å². The number of carbonyl (C=O) groups excluding carboxylic acids is 4. The fourth-order valence-corrected chi connectivity index (χ4v) is 4.29. The van der Waals surface area contributed by atoms with E-state index in [-0.39, 0.29) is 42.8 Å². The fourth-order valence-electron chi connectivity index (χ4n) is 3.73. The minimum atomic E-state index is -1.16. The average Bonchev–Trinajstić information content (AvgIpc) is 2.88. The largest absolute Gasteiger partial charge is 0.481 e. The highest BCUT2D eigenvalue weighted by molar-refractivity contribution is 9.10. The summed E-state index contributed by atoms with van der Waals surface area (Å²) in [4.78, 5) is 50.2. The molecule has 11 nitrogen and oxygen atoms in total. The van der Waals surface area contributed by atoms with Crippen molar-refractivity contribution in [3.63, 3.8) is 0 Å². The van der Waals surface area contributed by atoms with Crippen molar-refractivity contribution in [2.75, 3.05) is 24.8 Å². The van der Waals surface area contributed by atoms with Crippen LogP contribution in [0.25, 0.3) is 0 Å². The van der Waals surface area contributed by atoms with Gasteiger partial charge in [-0.2, -0.15) is 0 Å². The predicted molar refractivity (Wildman–Crippen MR) is 150 cm³/mol. The lowest BCUT2D eigenvalue weighted by molar-refractivity contribution is -0.126. The van der Waals surface area contributed by atoms with Gasteiger partial charge in [0.15, 0.2) is 12.2 Å². The van der Waals surface area contributed by atoms with Crippen LogP contribution in [-0.4, -0.2) is 73.2 Å². The van der Waals surface area contributed by atoms with Gasteiger partial charge >= 0.3 is 12.2 Å². The topological polar surface area (TPSA) is 158 Å². The number of benzene rings is 1. The molecule has 4 atom stereocenters. The molecule has 0 unspecified atom stereocenters. The second kappa shape index (κ2) is 16.4. The summed E-state index contributed by atoms with van der Waals surface area (Å²) in [5.41, 5.74) is 5.65. The van der Waals surface area contributed by atoms with Crippen LogP contribution in [0.4, 0.5) is 9.59 Å². The number of hydrogen-bond donors (Lipinski definition) is 4. The quantitative estimate of drug-likeness (QED) is 0.239. The lowest BCUT2D eigenvalue weighted by Gasteiger charge is -2.36. The summed E-state index contributed by atoms with van der Waals surface area (Å²) in [6.45, 7) is 4.05. The van der Waals surface area contributed by atoms with Crippen LogP contribution in [0.5, 0.6) is 5.75 Å². The number of halogens is 3. The van der Waals surface area contributed by atoms with Crippen LogP contribution in [-0.2, 0) is 19.1 Å². The zero-order valence-electron chi connectivity index (χ0n) is 21.6. The first-order valence-electron chi connectivity index (χ1n) is 12.3. The molecule has 0 saturated heterocycles. The maximum Gasteiger partial charge on any atom is 0.407 e. The summed E-state index contributed by atoms with van der Waals surface area (Å²) in [5.74, 6) is -0.513. The van der Waals surface area contributed by atoms with Gasteiger partial charge in [0.2, 0.25) is 11.8 Å². The van der Waals surface area contributed by atoms with Crippen molar-refractivity contribution in [1.29, 1.82) is 0 Å². The van der Waals surface area contributed by atoms with E-state index in [0.29, 0.717) is 16.6 Å². The van der Waals surface area contributed by atoms with Crippen molar-refractivity contribution in [3.05, 3.63) is 40.4 Å². The molecular formula is C25H33BrCl2N4O7. The summed E-state index contributed by atoms with van der Waals surface area (Å²) >= 11 is 14.7. The first-order chi connectivity index (χ1) is 18.5. The second-order valence-corrected chi connectivity index (χ2v) is 10.6. The maximum atomic E-state index is 13.3. The molecule has 216 valence electrons. The molecule has 0 saturated carbocycles. The van der Waals surface area contributed by atoms with Crippen LogP contribution in [0, 0.1) is 5.92 Å². The normalized spacial score (nSPS) is 19.3. The summed E-state index contributed by atoms with van der Waals surface area (Å²) in [7, 11) is 0. The van der Waals surface area contributed by atoms with Crippen LogP contribution in [0.1, 0.15) is 26.7 Å². The van der Waals surface area contributed by atoms with Gasteiger partial charge in [-0.3, -0.25) is 9.59 Å². The highest BCUT2D eigenvalue weighted by Gasteiger charge is 2.42. The lowest BCUT2D eigenvalue weighted by Crippen LogP contribution is -2.52. The molecule has 1 aliphatic carbocycles. The molecule has 0 aliphatic heterocycles. The third kappa shape index (κ3) is 10.8. The van der Waals surface area contributed by atoms with E-state index in [2.05, 4.69) is 31.9 Å². The molecule has 0 radical (unpaired) electrons. The van der Waals surface area contributed by atoms with Crippen LogP contribution >= 0.6 is 39.1 Å². The predicted octanol–water partition coefficient (Wildman–Crippen LogP) is 3.21. The van der Waals surface area contributed by atoms with Gasteiger partial charge in [0.25, 0.3) is 0 Å². The lowest BCUT2D eigenvalue weighted by atomic mass is 9.90. The summed E-state index contributed by atoms with van der Waals surface area (Å²) in [6.07, 6.45) is -3.35. The van der Waals surface area contributed by atoms with E-state index in [1.165, 1.54) is 6.08 Å². The summed E-state index contributed by atoms with van der Waals surface area (Å²) in [5, 5.41) is 7.62. The standard InChI is InChI=1S/C25H33BrCl2N4O7/c1-14(2)11-17(22(29)33)32-23(34)15-12-19(37-18-6-4-3-5-16(18)26)21(39-25(36)31-10-8-28)20(13-15)38-24(35)30-9-7-27/h3-6,12,14,17,19-21H,7-11,13H2,1-2H3,(H2,29,33)(H,30,35)(H,31,36)(H,32,34)/t17-,19-,20-,21+/m1/s1. The molecule has 0 heterocycles. The molecule has 4 amide bonds. The van der Waals surface area contributed by atoms with Gasteiger partial charge in [-0.05, 0) is 46.5 Å². The smallest absolute Gasteiger partial charge is 0.407 e. The fraction of sp³-hybridized carbons (Fsp3) is 0.520. The Balaban J connectivity index is 2.45. The molecule has 14 heteroatoms. The van der Waals surface area contributed by atoms with Crippen LogP contribution in [0.2, 0.25) is 0 Å². The minimum Gasteiger partial charge on any atom is -0.481 e. The minimum absolute atomic E-state index is 0.0839. The Morgan fingerprint density at radius 1 is 1.05 bits per heavy atom. The molecule has 39 heavy (non-hydrogen) atoms. The number of alkyl carbamates (subject to hydrolysis) is 2. The molecule has 5 N–H and O–H groups in total. The van der Waals surface area contributed by atoms with Gasteiger partial charge in [-0.15, -0.1) is 23.2 Å².